The molecule has 0 rings (SSSR count). The van der Waals surface area contributed by atoms with Crippen LogP contribution in [0.3, 0.4) is 0 Å². The number of rotatable bonds is 1. The summed E-state index contributed by atoms with van der Waals surface area (Å²) in [7, 11) is 4.75. The normalized spacial score (nSPS) is 13.7. The molecule has 3 radical (unpaired) electrons. The van der Waals surface area contributed by atoms with Crippen molar-refractivity contribution in [3.8, 4) is 0 Å². The van der Waals surface area contributed by atoms with Crippen molar-refractivity contribution in [1.82, 2.24) is 5.73 Å². The SMILES string of the molecule is [B][C@H]([NH])C(C)=O. The first kappa shape index (κ1) is 5.69. The van der Waals surface area contributed by atoms with Gasteiger partial charge in [-0.25, -0.2) is 0 Å². The molecule has 0 bridgehead atoms. The number of hydrogen-bond acceptors (Lipinski definition) is 1. The molecule has 0 saturated heterocycles. The minimum absolute atomic E-state index is 0.296. The zero-order chi connectivity index (χ0) is 5.15. The largest absolute Gasteiger partial charge is 0.299 e. The molecule has 1 atom stereocenters. The van der Waals surface area contributed by atoms with Crippen LogP contribution in [0, 0.1) is 0 Å². The molecule has 0 heterocycles. The standard InChI is InChI=1S/C3H5BNO/c1-2(6)3(4)5/h3,5H,1H3/t3-/m1/s1. The third kappa shape index (κ3) is 1.97. The summed E-state index contributed by atoms with van der Waals surface area (Å²) >= 11 is 0. The minimum atomic E-state index is -1.04. The van der Waals surface area contributed by atoms with E-state index in [0.717, 1.165) is 0 Å². The molecule has 0 aromatic rings. The zero-order valence-corrected chi connectivity index (χ0v) is 3.56. The van der Waals surface area contributed by atoms with Crippen LogP contribution >= 0.6 is 0 Å². The lowest BCUT2D eigenvalue weighted by Gasteiger charge is -1.90. The monoisotopic (exact) mass is 82.0 g/mol. The van der Waals surface area contributed by atoms with Gasteiger partial charge in [-0.15, -0.1) is 0 Å². The van der Waals surface area contributed by atoms with Crippen LogP contribution in [0.15, 0.2) is 0 Å². The Labute approximate surface area is 38.1 Å². The van der Waals surface area contributed by atoms with E-state index in [4.69, 9.17) is 13.6 Å². The Hall–Kier alpha value is -0.305. The second kappa shape index (κ2) is 1.98. The van der Waals surface area contributed by atoms with E-state index in [1.54, 1.807) is 0 Å². The third-order valence-corrected chi connectivity index (χ3v) is 0.438. The summed E-state index contributed by atoms with van der Waals surface area (Å²) in [6.45, 7) is 1.29. The molecule has 31 valence electrons. The van der Waals surface area contributed by atoms with Crippen molar-refractivity contribution in [3.05, 3.63) is 0 Å². The van der Waals surface area contributed by atoms with E-state index in [0.29, 0.717) is 0 Å². The van der Waals surface area contributed by atoms with E-state index in [1.165, 1.54) is 6.92 Å². The Balaban J connectivity index is 3.26. The number of hydrogen-bond donors (Lipinski definition) is 0. The Bertz CT molecular complexity index is 61.8. The number of ketones is 1. The van der Waals surface area contributed by atoms with Crippen LogP contribution in [0.5, 0.6) is 0 Å². The van der Waals surface area contributed by atoms with Gasteiger partial charge < -0.3 is 0 Å². The number of nitrogens with one attached hydrogen (secondary N) is 1. The van der Waals surface area contributed by atoms with Gasteiger partial charge >= 0.3 is 0 Å². The first-order valence-corrected chi connectivity index (χ1v) is 1.61. The van der Waals surface area contributed by atoms with E-state index in [-0.39, 0.29) is 5.78 Å². The summed E-state index contributed by atoms with van der Waals surface area (Å²) in [5, 5.41) is 0. The van der Waals surface area contributed by atoms with Crippen molar-refractivity contribution in [2.45, 2.75) is 12.9 Å². The van der Waals surface area contributed by atoms with Gasteiger partial charge in [0.25, 0.3) is 0 Å². The van der Waals surface area contributed by atoms with Crippen LogP contribution in [0.4, 0.5) is 0 Å². The molecule has 1 N–H and O–H groups in total. The maximum absolute atomic E-state index is 9.83. The maximum atomic E-state index is 9.83. The predicted octanol–water partition coefficient (Wildman–Crippen LogP) is -0.647. The molecular formula is C3H5BNO. The van der Waals surface area contributed by atoms with Gasteiger partial charge in [-0.2, -0.15) is 0 Å². The van der Waals surface area contributed by atoms with Crippen molar-refractivity contribution in [1.29, 1.82) is 0 Å². The van der Waals surface area contributed by atoms with Crippen LogP contribution < -0.4 is 5.73 Å². The second-order valence-corrected chi connectivity index (χ2v) is 1.09. The summed E-state index contributed by atoms with van der Waals surface area (Å²) in [6.07, 6.45) is 0. The van der Waals surface area contributed by atoms with Gasteiger partial charge in [-0.3, -0.25) is 10.5 Å². The van der Waals surface area contributed by atoms with Gasteiger partial charge in [0.2, 0.25) is 0 Å². The third-order valence-electron chi connectivity index (χ3n) is 0.438. The fourth-order valence-corrected chi connectivity index (χ4v) is 0. The number of carbonyl (C=O) groups excluding carboxylic acids is 1. The van der Waals surface area contributed by atoms with Crippen molar-refractivity contribution in [2.75, 3.05) is 0 Å². The predicted molar refractivity (Wildman–Crippen MR) is 23.3 cm³/mol. The molecule has 2 nitrogen and oxygen atoms in total. The van der Waals surface area contributed by atoms with E-state index in [9.17, 15) is 4.79 Å². The lowest BCUT2D eigenvalue weighted by molar-refractivity contribution is -0.116. The fourth-order valence-electron chi connectivity index (χ4n) is 0. The van der Waals surface area contributed by atoms with Gasteiger partial charge in [0.05, 0.1) is 0 Å². The minimum Gasteiger partial charge on any atom is -0.299 e. The molecular weight excluding hydrogens is 76.9 g/mol. The first-order chi connectivity index (χ1) is 2.64. The van der Waals surface area contributed by atoms with Crippen LogP contribution in [0.2, 0.25) is 0 Å². The van der Waals surface area contributed by atoms with Gasteiger partial charge in [0.15, 0.2) is 0 Å². The number of carbonyl (C=O) groups is 1. The van der Waals surface area contributed by atoms with Crippen LogP contribution in [-0.4, -0.2) is 19.6 Å². The van der Waals surface area contributed by atoms with E-state index in [2.05, 4.69) is 0 Å². The quantitative estimate of drug-likeness (QED) is 0.387. The summed E-state index contributed by atoms with van der Waals surface area (Å²) in [4.78, 5) is 9.83. The second-order valence-electron chi connectivity index (χ2n) is 1.09. The molecule has 0 aliphatic heterocycles. The van der Waals surface area contributed by atoms with E-state index >= 15 is 0 Å². The molecule has 0 aromatic heterocycles. The Morgan fingerprint density at radius 1 is 2.00 bits per heavy atom. The highest BCUT2D eigenvalue weighted by Crippen LogP contribution is 1.69. The molecule has 0 unspecified atom stereocenters. The van der Waals surface area contributed by atoms with Gasteiger partial charge in [-0.05, 0) is 6.92 Å². The van der Waals surface area contributed by atoms with E-state index < -0.39 is 5.94 Å². The lowest BCUT2D eigenvalue weighted by Crippen LogP contribution is -2.17. The molecule has 0 saturated carbocycles. The van der Waals surface area contributed by atoms with Crippen molar-refractivity contribution < 1.29 is 4.79 Å². The highest BCUT2D eigenvalue weighted by Gasteiger charge is 1.96. The van der Waals surface area contributed by atoms with Gasteiger partial charge in [-0.1, -0.05) is 0 Å². The lowest BCUT2D eigenvalue weighted by atomic mass is 9.95. The van der Waals surface area contributed by atoms with Crippen LogP contribution in [0.25, 0.3) is 0 Å². The molecule has 0 fully saturated rings. The van der Waals surface area contributed by atoms with Crippen molar-refractivity contribution >= 4 is 13.6 Å². The molecule has 0 aliphatic rings. The molecule has 3 heteroatoms. The summed E-state index contributed by atoms with van der Waals surface area (Å²) in [6, 6.07) is 0. The zero-order valence-electron chi connectivity index (χ0n) is 3.56. The van der Waals surface area contributed by atoms with E-state index in [1.807, 2.05) is 0 Å². The average molecular weight is 81.9 g/mol. The smallest absolute Gasteiger partial charge is 0.138 e. The highest BCUT2D eigenvalue weighted by molar-refractivity contribution is 6.23. The first-order valence-electron chi connectivity index (χ1n) is 1.61. The molecule has 0 aliphatic carbocycles. The van der Waals surface area contributed by atoms with Gasteiger partial charge in [0, 0.05) is 5.94 Å². The molecule has 0 aromatic carbocycles. The van der Waals surface area contributed by atoms with Gasteiger partial charge in [0.1, 0.15) is 13.6 Å². The average Bonchev–Trinajstić information content (AvgIpc) is 1.36. The van der Waals surface area contributed by atoms with Crippen molar-refractivity contribution in [3.63, 3.8) is 0 Å². The molecule has 6 heavy (non-hydrogen) atoms. The molecule has 0 amide bonds. The Morgan fingerprint density at radius 2 is 2.17 bits per heavy atom. The Morgan fingerprint density at radius 3 is 2.17 bits per heavy atom. The Kier molecular flexibility index (Phi) is 1.88. The summed E-state index contributed by atoms with van der Waals surface area (Å²) < 4.78 is 0. The van der Waals surface area contributed by atoms with Crippen LogP contribution in [-0.2, 0) is 4.79 Å². The van der Waals surface area contributed by atoms with Crippen LogP contribution in [0.1, 0.15) is 6.92 Å². The van der Waals surface area contributed by atoms with Crippen molar-refractivity contribution in [2.24, 2.45) is 0 Å². The fraction of sp³-hybridized carbons (Fsp3) is 0.667. The highest BCUT2D eigenvalue weighted by atomic mass is 16.1. The summed E-state index contributed by atoms with van der Waals surface area (Å²) in [5.74, 6) is -1.33. The maximum Gasteiger partial charge on any atom is 0.138 e. The summed E-state index contributed by atoms with van der Waals surface area (Å²) in [5.41, 5.74) is 6.46. The molecule has 0 spiro atoms. The number of Topliss-reactive ketones (excluding diaryl/α,β-unsaturated/α-hetero) is 1. The topological polar surface area (TPSA) is 40.9 Å².